The molecule has 6 rings (SSSR count). The number of aromatic nitrogens is 2. The molecule has 4 aromatic rings. The van der Waals surface area contributed by atoms with E-state index in [0.29, 0.717) is 45.7 Å². The van der Waals surface area contributed by atoms with E-state index in [1.165, 1.54) is 16.9 Å². The number of piperazine rings is 1. The van der Waals surface area contributed by atoms with E-state index in [1.54, 1.807) is 21.1 Å². The van der Waals surface area contributed by atoms with Crippen molar-refractivity contribution in [3.63, 3.8) is 0 Å². The molecule has 2 aliphatic heterocycles. The van der Waals surface area contributed by atoms with Gasteiger partial charge in [-0.15, -0.1) is 22.7 Å². The summed E-state index contributed by atoms with van der Waals surface area (Å²) in [7, 11) is 0. The van der Waals surface area contributed by atoms with Crippen LogP contribution in [0.15, 0.2) is 36.5 Å². The van der Waals surface area contributed by atoms with Gasteiger partial charge in [-0.1, -0.05) is 6.07 Å². The van der Waals surface area contributed by atoms with Gasteiger partial charge in [0, 0.05) is 54.9 Å². The highest BCUT2D eigenvalue weighted by Gasteiger charge is 2.31. The minimum Gasteiger partial charge on any atom is -0.444 e. The van der Waals surface area contributed by atoms with Crippen molar-refractivity contribution in [3.05, 3.63) is 47.0 Å². The highest BCUT2D eigenvalue weighted by molar-refractivity contribution is 7.22. The number of nitrogen functional groups attached to an aromatic ring is 1. The Kier molecular flexibility index (Phi) is 8.15. The van der Waals surface area contributed by atoms with Crippen LogP contribution < -0.4 is 10.6 Å². The number of pyridine rings is 1. The molecule has 2 aliphatic rings. The van der Waals surface area contributed by atoms with Crippen molar-refractivity contribution in [2.75, 3.05) is 43.4 Å². The van der Waals surface area contributed by atoms with E-state index >= 15 is 0 Å². The molecule has 0 saturated carbocycles. The van der Waals surface area contributed by atoms with Gasteiger partial charge in [-0.3, -0.25) is 0 Å². The maximum absolute atomic E-state index is 12.7. The zero-order valence-corrected chi connectivity index (χ0v) is 28.3. The molecule has 0 radical (unpaired) electrons. The van der Waals surface area contributed by atoms with Gasteiger partial charge in [0.2, 0.25) is 0 Å². The molecule has 0 atom stereocenters. The van der Waals surface area contributed by atoms with Gasteiger partial charge in [0.1, 0.15) is 22.0 Å². The molecule has 5 heterocycles. The second kappa shape index (κ2) is 11.8. The predicted molar refractivity (Wildman–Crippen MR) is 181 cm³/mol. The molecular formula is C33H40N6O4S2. The van der Waals surface area contributed by atoms with Gasteiger partial charge >= 0.3 is 12.2 Å². The number of fused-ring (bicyclic) bond motifs is 2. The van der Waals surface area contributed by atoms with Gasteiger partial charge in [-0.25, -0.2) is 19.6 Å². The first kappa shape index (κ1) is 31.1. The molecule has 10 nitrogen and oxygen atoms in total. The highest BCUT2D eigenvalue weighted by Crippen LogP contribution is 2.44. The zero-order chi connectivity index (χ0) is 32.1. The van der Waals surface area contributed by atoms with E-state index in [9.17, 15) is 9.59 Å². The molecule has 12 heteroatoms. The van der Waals surface area contributed by atoms with Crippen LogP contribution in [0.2, 0.25) is 0 Å². The van der Waals surface area contributed by atoms with Crippen LogP contribution in [0.5, 0.6) is 0 Å². The van der Waals surface area contributed by atoms with E-state index < -0.39 is 11.2 Å². The normalized spacial score (nSPS) is 15.7. The van der Waals surface area contributed by atoms with Gasteiger partial charge in [0.25, 0.3) is 0 Å². The van der Waals surface area contributed by atoms with Crippen LogP contribution in [0.25, 0.3) is 31.9 Å². The summed E-state index contributed by atoms with van der Waals surface area (Å²) in [5, 5.41) is 1.64. The number of carbonyl (C=O) groups excluding carboxylic acids is 2. The fourth-order valence-corrected chi connectivity index (χ4v) is 7.83. The first-order valence-electron chi connectivity index (χ1n) is 15.2. The fourth-order valence-electron chi connectivity index (χ4n) is 5.54. The number of thiazole rings is 1. The molecule has 2 N–H and O–H groups in total. The Balaban J connectivity index is 1.15. The summed E-state index contributed by atoms with van der Waals surface area (Å²) in [6.07, 6.45) is 2.06. The number of ether oxygens (including phenoxy) is 2. The molecule has 0 unspecified atom stereocenters. The quantitative estimate of drug-likeness (QED) is 0.252. The second-order valence-corrected chi connectivity index (χ2v) is 15.6. The monoisotopic (exact) mass is 648 g/mol. The molecule has 3 aromatic heterocycles. The Hall–Kier alpha value is -3.90. The Bertz CT molecular complexity index is 1730. The third-order valence-electron chi connectivity index (χ3n) is 7.67. The summed E-state index contributed by atoms with van der Waals surface area (Å²) in [6, 6.07) is 10.4. The summed E-state index contributed by atoms with van der Waals surface area (Å²) in [4.78, 5) is 41.6. The summed E-state index contributed by atoms with van der Waals surface area (Å²) < 4.78 is 12.2. The van der Waals surface area contributed by atoms with Gasteiger partial charge < -0.3 is 29.9 Å². The highest BCUT2D eigenvalue weighted by atomic mass is 32.1. The molecule has 1 fully saturated rings. The van der Waals surface area contributed by atoms with Gasteiger partial charge in [-0.05, 0) is 83.4 Å². The van der Waals surface area contributed by atoms with E-state index in [2.05, 4.69) is 23.1 Å². The molecule has 238 valence electrons. The second-order valence-electron chi connectivity index (χ2n) is 13.5. The number of rotatable bonds is 3. The smallest absolute Gasteiger partial charge is 0.410 e. The van der Waals surface area contributed by atoms with Gasteiger partial charge in [-0.2, -0.15) is 0 Å². The molecule has 2 amide bonds. The Morgan fingerprint density at radius 3 is 2.16 bits per heavy atom. The number of nitrogens with two attached hydrogens (primary N) is 1. The number of hydrogen-bond acceptors (Lipinski definition) is 10. The van der Waals surface area contributed by atoms with Crippen molar-refractivity contribution < 1.29 is 19.1 Å². The third kappa shape index (κ3) is 6.86. The topological polar surface area (TPSA) is 114 Å². The van der Waals surface area contributed by atoms with E-state index in [0.717, 1.165) is 47.6 Å². The van der Waals surface area contributed by atoms with E-state index in [-0.39, 0.29) is 12.2 Å². The number of nitrogens with zero attached hydrogens (tertiary/aromatic N) is 5. The Labute approximate surface area is 271 Å². The first-order valence-corrected chi connectivity index (χ1v) is 16.9. The number of benzene rings is 1. The van der Waals surface area contributed by atoms with Crippen LogP contribution in [-0.2, 0) is 22.4 Å². The van der Waals surface area contributed by atoms with Crippen molar-refractivity contribution >= 4 is 55.9 Å². The summed E-state index contributed by atoms with van der Waals surface area (Å²) >= 11 is 3.17. The number of carbonyl (C=O) groups is 2. The SMILES string of the molecule is CC(C)(C)OC(=O)N1CCN(c2ccc(-c3ccc4nc(-c5c(N)sc6c5CCN(C(=O)OC(C)(C)C)C6)sc4c3)cn2)CC1. The maximum atomic E-state index is 12.7. The lowest BCUT2D eigenvalue weighted by Crippen LogP contribution is -2.50. The fraction of sp³-hybridized carbons (Fsp3) is 0.455. The number of anilines is 2. The minimum absolute atomic E-state index is 0.265. The van der Waals surface area contributed by atoms with E-state index in [1.807, 2.05) is 59.9 Å². The third-order valence-corrected chi connectivity index (χ3v) is 9.76. The van der Waals surface area contributed by atoms with Crippen LogP contribution in [0.4, 0.5) is 20.4 Å². The largest absolute Gasteiger partial charge is 0.444 e. The van der Waals surface area contributed by atoms with Crippen LogP contribution in [0.1, 0.15) is 52.0 Å². The van der Waals surface area contributed by atoms with Crippen LogP contribution in [0, 0.1) is 0 Å². The summed E-state index contributed by atoms with van der Waals surface area (Å²) in [5.74, 6) is 0.895. The average Bonchev–Trinajstić information content (AvgIpc) is 3.54. The van der Waals surface area contributed by atoms with Crippen molar-refractivity contribution in [1.29, 1.82) is 0 Å². The van der Waals surface area contributed by atoms with Crippen LogP contribution in [0.3, 0.4) is 0 Å². The lowest BCUT2D eigenvalue weighted by Gasteiger charge is -2.36. The Morgan fingerprint density at radius 1 is 0.844 bits per heavy atom. The molecule has 45 heavy (non-hydrogen) atoms. The summed E-state index contributed by atoms with van der Waals surface area (Å²) in [6.45, 7) is 15.0. The maximum Gasteiger partial charge on any atom is 0.410 e. The Morgan fingerprint density at radius 2 is 1.51 bits per heavy atom. The molecule has 1 aromatic carbocycles. The van der Waals surface area contributed by atoms with Gasteiger partial charge in [0.15, 0.2) is 0 Å². The summed E-state index contributed by atoms with van der Waals surface area (Å²) in [5.41, 5.74) is 10.7. The average molecular weight is 649 g/mol. The van der Waals surface area contributed by atoms with Crippen molar-refractivity contribution in [2.45, 2.75) is 65.7 Å². The minimum atomic E-state index is -0.532. The van der Waals surface area contributed by atoms with Gasteiger partial charge in [0.05, 0.1) is 21.8 Å². The predicted octanol–water partition coefficient (Wildman–Crippen LogP) is 7.02. The lowest BCUT2D eigenvalue weighted by molar-refractivity contribution is 0.0221. The first-order chi connectivity index (χ1) is 21.2. The zero-order valence-electron chi connectivity index (χ0n) is 26.7. The molecular weight excluding hydrogens is 609 g/mol. The van der Waals surface area contributed by atoms with Crippen molar-refractivity contribution in [1.82, 2.24) is 19.8 Å². The number of hydrogen-bond donors (Lipinski definition) is 1. The number of amides is 2. The molecule has 0 aliphatic carbocycles. The van der Waals surface area contributed by atoms with Crippen LogP contribution >= 0.6 is 22.7 Å². The standard InChI is InChI=1S/C33H40N6O4S2/c1-32(2,3)42-30(40)38-15-13-37(14-16-38)26-10-8-21(18-35-26)20-7-9-23-24(17-20)45-29(36-23)27-22-11-12-39(19-25(22)44-28(27)34)31(41)43-33(4,5)6/h7-10,17-18H,11-16,19,34H2,1-6H3. The molecule has 0 bridgehead atoms. The van der Waals surface area contributed by atoms with Crippen molar-refractivity contribution in [3.8, 4) is 21.7 Å². The molecule has 0 spiro atoms. The van der Waals surface area contributed by atoms with E-state index in [4.69, 9.17) is 25.2 Å². The lowest BCUT2D eigenvalue weighted by atomic mass is 10.0. The van der Waals surface area contributed by atoms with Crippen LogP contribution in [-0.4, -0.2) is 75.9 Å². The molecule has 1 saturated heterocycles. The number of thiophene rings is 1. The van der Waals surface area contributed by atoms with Crippen molar-refractivity contribution in [2.24, 2.45) is 0 Å².